The van der Waals surface area contributed by atoms with Gasteiger partial charge in [-0.2, -0.15) is 10.2 Å². The van der Waals surface area contributed by atoms with Gasteiger partial charge in [0.05, 0.1) is 48.1 Å². The Morgan fingerprint density at radius 1 is 0.638 bits per heavy atom. The zero-order chi connectivity index (χ0) is 39.4. The second-order valence-corrected chi connectivity index (χ2v) is 14.2. The van der Waals surface area contributed by atoms with E-state index in [4.69, 9.17) is 9.47 Å². The summed E-state index contributed by atoms with van der Waals surface area (Å²) in [5, 5.41) is 14.4. The third kappa shape index (κ3) is 7.69. The molecule has 58 heavy (non-hydrogen) atoms. The largest absolute Gasteiger partial charge is 0.477 e. The van der Waals surface area contributed by atoms with Gasteiger partial charge in [0, 0.05) is 51.1 Å². The Labute approximate surface area is 335 Å². The average molecular weight is 772 g/mol. The van der Waals surface area contributed by atoms with Crippen LogP contribution in [0.1, 0.15) is 16.8 Å². The third-order valence-corrected chi connectivity index (χ3v) is 10.4. The van der Waals surface area contributed by atoms with E-state index >= 15 is 0 Å². The number of pyridine rings is 1. The first-order chi connectivity index (χ1) is 28.5. The van der Waals surface area contributed by atoms with Crippen molar-refractivity contribution in [1.82, 2.24) is 35.2 Å². The van der Waals surface area contributed by atoms with Gasteiger partial charge in [0.1, 0.15) is 11.5 Å². The number of ether oxygens (including phenoxy) is 2. The van der Waals surface area contributed by atoms with Crippen LogP contribution in [0.4, 0.5) is 11.4 Å². The minimum Gasteiger partial charge on any atom is -0.477 e. The van der Waals surface area contributed by atoms with Crippen LogP contribution in [0.15, 0.2) is 146 Å². The van der Waals surface area contributed by atoms with Gasteiger partial charge in [-0.1, -0.05) is 42.5 Å². The predicted molar refractivity (Wildman–Crippen MR) is 220 cm³/mol. The van der Waals surface area contributed by atoms with E-state index in [1.165, 1.54) is 0 Å². The number of rotatable bonds is 11. The fourth-order valence-electron chi connectivity index (χ4n) is 7.42. The highest BCUT2D eigenvalue weighted by Crippen LogP contribution is 2.38. The molecule has 0 spiro atoms. The first-order valence-corrected chi connectivity index (χ1v) is 19.2. The predicted octanol–water partition coefficient (Wildman–Crippen LogP) is 5.72. The molecule has 0 aliphatic carbocycles. The zero-order valence-corrected chi connectivity index (χ0v) is 31.8. The standard InChI is InChI=1S/C45H41N9O4/c1-46-44(55)42-29-52(28-32-10-15-37(16-11-32)54-23-5-20-50-54)39-17-12-33(25-41(39)58-42)34-18-21-47-35(24-34)26-48-45(56)43-30-51(38-6-2-3-7-40(38)57-43)27-31-8-13-36(14-9-31)53-22-4-19-49-53/h2-25,42-43H,26-30H2,1H3,(H,46,55)(H,48,56). The Hall–Kier alpha value is -7.41. The molecule has 9 rings (SSSR count). The number of nitrogens with one attached hydrogen (secondary N) is 2. The maximum absolute atomic E-state index is 13.7. The number of nitrogens with zero attached hydrogens (tertiary/aromatic N) is 7. The summed E-state index contributed by atoms with van der Waals surface area (Å²) < 4.78 is 16.2. The first-order valence-electron chi connectivity index (χ1n) is 19.2. The lowest BCUT2D eigenvalue weighted by molar-refractivity contribution is -0.128. The summed E-state index contributed by atoms with van der Waals surface area (Å²) in [6, 6.07) is 38.0. The highest BCUT2D eigenvalue weighted by Gasteiger charge is 2.32. The van der Waals surface area contributed by atoms with Crippen LogP contribution in [0.25, 0.3) is 22.5 Å². The second kappa shape index (κ2) is 16.0. The van der Waals surface area contributed by atoms with E-state index in [-0.39, 0.29) is 18.4 Å². The average Bonchev–Trinajstić information content (AvgIpc) is 4.02. The van der Waals surface area contributed by atoms with E-state index in [9.17, 15) is 9.59 Å². The number of hydrogen-bond donors (Lipinski definition) is 2. The van der Waals surface area contributed by atoms with Crippen LogP contribution in [0.5, 0.6) is 11.5 Å². The van der Waals surface area contributed by atoms with E-state index in [0.717, 1.165) is 45.0 Å². The molecule has 2 unspecified atom stereocenters. The van der Waals surface area contributed by atoms with Crippen molar-refractivity contribution in [3.05, 3.63) is 163 Å². The SMILES string of the molecule is CNC(=O)C1CN(Cc2ccc(-n3cccn3)cc2)c2ccc(-c3ccnc(CNC(=O)C4CN(Cc5ccc(-n6cccn6)cc5)c5ccccc5O4)c3)cc2O1. The van der Waals surface area contributed by atoms with Crippen molar-refractivity contribution < 1.29 is 19.1 Å². The molecule has 2 N–H and O–H groups in total. The lowest BCUT2D eigenvalue weighted by atomic mass is 10.0. The smallest absolute Gasteiger partial charge is 0.263 e. The van der Waals surface area contributed by atoms with Crippen LogP contribution < -0.4 is 29.9 Å². The summed E-state index contributed by atoms with van der Waals surface area (Å²) in [6.07, 6.45) is 7.66. The molecule has 5 heterocycles. The molecule has 0 radical (unpaired) electrons. The van der Waals surface area contributed by atoms with Crippen molar-refractivity contribution in [2.75, 3.05) is 29.9 Å². The first kappa shape index (κ1) is 36.2. The number of hydrogen-bond acceptors (Lipinski definition) is 9. The molecule has 4 aromatic carbocycles. The van der Waals surface area contributed by atoms with Gasteiger partial charge >= 0.3 is 0 Å². The molecule has 290 valence electrons. The number of carbonyl (C=O) groups is 2. The number of para-hydroxylation sites is 2. The molecule has 2 amide bonds. The van der Waals surface area contributed by atoms with Crippen molar-refractivity contribution in [3.63, 3.8) is 0 Å². The lowest BCUT2D eigenvalue weighted by Gasteiger charge is -2.36. The number of amides is 2. The molecule has 0 saturated carbocycles. The number of carbonyl (C=O) groups excluding carboxylic acids is 2. The minimum atomic E-state index is -0.718. The van der Waals surface area contributed by atoms with Crippen LogP contribution in [0.3, 0.4) is 0 Å². The minimum absolute atomic E-state index is 0.189. The third-order valence-electron chi connectivity index (χ3n) is 10.4. The van der Waals surface area contributed by atoms with Crippen molar-refractivity contribution in [1.29, 1.82) is 0 Å². The summed E-state index contributed by atoms with van der Waals surface area (Å²) in [5.41, 5.74) is 8.49. The second-order valence-electron chi connectivity index (χ2n) is 14.2. The van der Waals surface area contributed by atoms with E-state index in [2.05, 4.69) is 59.9 Å². The van der Waals surface area contributed by atoms with Gasteiger partial charge < -0.3 is 29.9 Å². The highest BCUT2D eigenvalue weighted by molar-refractivity contribution is 5.84. The van der Waals surface area contributed by atoms with Gasteiger partial charge in [-0.15, -0.1) is 0 Å². The summed E-state index contributed by atoms with van der Waals surface area (Å²) >= 11 is 0. The van der Waals surface area contributed by atoms with E-state index in [1.807, 2.05) is 113 Å². The van der Waals surface area contributed by atoms with Crippen LogP contribution >= 0.6 is 0 Å². The Balaban J connectivity index is 0.878. The monoisotopic (exact) mass is 771 g/mol. The van der Waals surface area contributed by atoms with Crippen molar-refractivity contribution in [3.8, 4) is 34.0 Å². The van der Waals surface area contributed by atoms with Crippen molar-refractivity contribution >= 4 is 23.2 Å². The van der Waals surface area contributed by atoms with E-state index < -0.39 is 12.2 Å². The Morgan fingerprint density at radius 2 is 1.22 bits per heavy atom. The van der Waals surface area contributed by atoms with Crippen LogP contribution in [0.2, 0.25) is 0 Å². The van der Waals surface area contributed by atoms with Gasteiger partial charge in [-0.3, -0.25) is 14.6 Å². The highest BCUT2D eigenvalue weighted by atomic mass is 16.5. The van der Waals surface area contributed by atoms with Gasteiger partial charge in [-0.05, 0) is 95.1 Å². The summed E-state index contributed by atoms with van der Waals surface area (Å²) in [5.74, 6) is 0.868. The van der Waals surface area contributed by atoms with Crippen LogP contribution in [-0.2, 0) is 29.2 Å². The Kier molecular flexibility index (Phi) is 9.99. The van der Waals surface area contributed by atoms with Crippen LogP contribution in [0, 0.1) is 0 Å². The Morgan fingerprint density at radius 3 is 1.84 bits per heavy atom. The van der Waals surface area contributed by atoms with Gasteiger partial charge in [0.15, 0.2) is 12.2 Å². The molecular weight excluding hydrogens is 731 g/mol. The molecule has 2 aliphatic heterocycles. The number of likely N-dealkylation sites (N-methyl/N-ethyl adjacent to an activating group) is 1. The normalized spacial score (nSPS) is 15.7. The summed E-state index contributed by atoms with van der Waals surface area (Å²) in [7, 11) is 1.62. The number of aromatic nitrogens is 5. The topological polar surface area (TPSA) is 132 Å². The van der Waals surface area contributed by atoms with Crippen molar-refractivity contribution in [2.45, 2.75) is 31.8 Å². The number of benzene rings is 4. The number of fused-ring (bicyclic) bond motifs is 2. The molecule has 7 aromatic rings. The molecule has 0 fully saturated rings. The fraction of sp³-hybridized carbons (Fsp3) is 0.178. The Bertz CT molecular complexity index is 2520. The molecule has 2 aliphatic rings. The fourth-order valence-corrected chi connectivity index (χ4v) is 7.42. The molecule has 3 aromatic heterocycles. The van der Waals surface area contributed by atoms with Gasteiger partial charge in [-0.25, -0.2) is 9.36 Å². The van der Waals surface area contributed by atoms with E-state index in [1.54, 1.807) is 25.6 Å². The maximum atomic E-state index is 13.7. The maximum Gasteiger partial charge on any atom is 0.263 e. The van der Waals surface area contributed by atoms with Crippen LogP contribution in [-0.4, -0.2) is 68.7 Å². The molecule has 13 heteroatoms. The molecule has 2 atom stereocenters. The summed E-state index contributed by atoms with van der Waals surface area (Å²) in [4.78, 5) is 35.4. The van der Waals surface area contributed by atoms with Crippen molar-refractivity contribution in [2.24, 2.45) is 0 Å². The lowest BCUT2D eigenvalue weighted by Crippen LogP contribution is -2.48. The van der Waals surface area contributed by atoms with E-state index in [0.29, 0.717) is 43.4 Å². The van der Waals surface area contributed by atoms with Gasteiger partial charge in [0.2, 0.25) is 0 Å². The number of anilines is 2. The molecule has 13 nitrogen and oxygen atoms in total. The quantitative estimate of drug-likeness (QED) is 0.170. The molecule has 0 saturated heterocycles. The zero-order valence-electron chi connectivity index (χ0n) is 31.8. The molecule has 0 bridgehead atoms. The molecular formula is C45H41N9O4. The van der Waals surface area contributed by atoms with Gasteiger partial charge in [0.25, 0.3) is 11.8 Å². The summed E-state index contributed by atoms with van der Waals surface area (Å²) in [6.45, 7) is 2.21.